The number of rotatable bonds is 1. The average molecular weight is 154 g/mol. The molecule has 0 bridgehead atoms. The summed E-state index contributed by atoms with van der Waals surface area (Å²) in [5, 5.41) is 1.08. The van der Waals surface area contributed by atoms with Crippen molar-refractivity contribution in [3.05, 3.63) is 29.8 Å². The van der Waals surface area contributed by atoms with E-state index >= 15 is 0 Å². The van der Waals surface area contributed by atoms with Gasteiger partial charge in [0.2, 0.25) is 0 Å². The maximum absolute atomic E-state index is 5.40. The van der Waals surface area contributed by atoms with Crippen molar-refractivity contribution in [2.24, 2.45) is 5.73 Å². The van der Waals surface area contributed by atoms with Crippen molar-refractivity contribution < 1.29 is 4.70 Å². The third-order valence-corrected chi connectivity index (χ3v) is 1.47. The van der Waals surface area contributed by atoms with Crippen LogP contribution in [0.2, 0.25) is 0 Å². The molecule has 1 aromatic rings. The Hall–Kier alpha value is -0.673. The van der Waals surface area contributed by atoms with Crippen molar-refractivity contribution in [3.63, 3.8) is 0 Å². The van der Waals surface area contributed by atoms with Gasteiger partial charge in [0.15, 0.2) is 0 Å². The molecule has 0 amide bonds. The van der Waals surface area contributed by atoms with Crippen LogP contribution >= 0.6 is 0 Å². The standard InChI is InChI=1S/C7H8NSi.FH/c8-5-6-2-1-3-7(9)4-6;/h1-4H,5,8H2;1H. The van der Waals surface area contributed by atoms with E-state index in [1.54, 1.807) is 0 Å². The van der Waals surface area contributed by atoms with Crippen LogP contribution in [-0.2, 0) is 6.54 Å². The maximum atomic E-state index is 5.40. The summed E-state index contributed by atoms with van der Waals surface area (Å²) in [6.45, 7) is 0.609. The van der Waals surface area contributed by atoms with Crippen LogP contribution in [0, 0.1) is 0 Å². The molecule has 0 fully saturated rings. The van der Waals surface area contributed by atoms with Gasteiger partial charge in [0.1, 0.15) is 0 Å². The van der Waals surface area contributed by atoms with E-state index in [2.05, 4.69) is 10.2 Å². The minimum Gasteiger partial charge on any atom is -0.326 e. The Morgan fingerprint density at radius 3 is 2.50 bits per heavy atom. The SMILES string of the molecule is F.NCc1cccc([Si])c1. The Bertz CT molecular complexity index is 203. The molecular formula is C7H9FNSi. The Kier molecular flexibility index (Phi) is 3.91. The molecule has 1 aromatic carbocycles. The molecular weight excluding hydrogens is 145 g/mol. The fraction of sp³-hybridized carbons (Fsp3) is 0.143. The van der Waals surface area contributed by atoms with Crippen LogP contribution in [0.25, 0.3) is 0 Å². The first-order chi connectivity index (χ1) is 4.33. The Balaban J connectivity index is 0.000000810. The number of benzene rings is 1. The average Bonchev–Trinajstić information content (AvgIpc) is 1.88. The lowest BCUT2D eigenvalue weighted by Gasteiger charge is -1.95. The molecule has 0 aromatic heterocycles. The van der Waals surface area contributed by atoms with Crippen LogP contribution < -0.4 is 10.9 Å². The first-order valence-corrected chi connectivity index (χ1v) is 3.33. The molecule has 0 aliphatic heterocycles. The smallest absolute Gasteiger partial charge is 0.0711 e. The molecule has 1 rings (SSSR count). The molecule has 0 spiro atoms. The van der Waals surface area contributed by atoms with E-state index in [-0.39, 0.29) is 4.70 Å². The highest BCUT2D eigenvalue weighted by molar-refractivity contribution is 6.32. The molecule has 3 radical (unpaired) electrons. The minimum absolute atomic E-state index is 0. The van der Waals surface area contributed by atoms with Gasteiger partial charge in [-0.05, 0) is 5.56 Å². The number of hydrogen-bond acceptors (Lipinski definition) is 1. The molecule has 0 saturated heterocycles. The quantitative estimate of drug-likeness (QED) is 0.570. The molecule has 2 N–H and O–H groups in total. The summed E-state index contributed by atoms with van der Waals surface area (Å²) in [5.41, 5.74) is 6.55. The highest BCUT2D eigenvalue weighted by Gasteiger charge is 1.86. The largest absolute Gasteiger partial charge is 0.326 e. The van der Waals surface area contributed by atoms with E-state index in [0.717, 1.165) is 10.8 Å². The van der Waals surface area contributed by atoms with Crippen LogP contribution in [0.3, 0.4) is 0 Å². The molecule has 0 aliphatic carbocycles. The summed E-state index contributed by atoms with van der Waals surface area (Å²) in [6.07, 6.45) is 0. The first kappa shape index (κ1) is 9.33. The van der Waals surface area contributed by atoms with Crippen LogP contribution in [0.1, 0.15) is 5.56 Å². The summed E-state index contributed by atoms with van der Waals surface area (Å²) in [7, 11) is 3.39. The molecule has 3 heteroatoms. The summed E-state index contributed by atoms with van der Waals surface area (Å²) in [6, 6.07) is 7.97. The summed E-state index contributed by atoms with van der Waals surface area (Å²) in [4.78, 5) is 0. The molecule has 0 heterocycles. The van der Waals surface area contributed by atoms with E-state index in [1.807, 2.05) is 24.3 Å². The van der Waals surface area contributed by atoms with Crippen molar-refractivity contribution in [2.75, 3.05) is 0 Å². The van der Waals surface area contributed by atoms with Gasteiger partial charge in [0, 0.05) is 6.54 Å². The van der Waals surface area contributed by atoms with Gasteiger partial charge < -0.3 is 5.73 Å². The van der Waals surface area contributed by atoms with Crippen molar-refractivity contribution >= 4 is 15.4 Å². The van der Waals surface area contributed by atoms with Gasteiger partial charge in [0.25, 0.3) is 0 Å². The van der Waals surface area contributed by atoms with Gasteiger partial charge in [-0.15, -0.1) is 0 Å². The van der Waals surface area contributed by atoms with Crippen LogP contribution in [0.5, 0.6) is 0 Å². The zero-order valence-corrected chi connectivity index (χ0v) is 6.50. The maximum Gasteiger partial charge on any atom is 0.0711 e. The van der Waals surface area contributed by atoms with Gasteiger partial charge in [0.05, 0.1) is 10.2 Å². The minimum atomic E-state index is 0. The lowest BCUT2D eigenvalue weighted by atomic mass is 10.2. The van der Waals surface area contributed by atoms with E-state index < -0.39 is 0 Å². The second-order valence-electron chi connectivity index (χ2n) is 1.90. The lowest BCUT2D eigenvalue weighted by molar-refractivity contribution is 1.07. The normalized spacial score (nSPS) is 8.60. The second-order valence-corrected chi connectivity index (χ2v) is 2.48. The van der Waals surface area contributed by atoms with E-state index in [1.165, 1.54) is 0 Å². The second kappa shape index (κ2) is 4.19. The highest BCUT2D eigenvalue weighted by atomic mass is 28.1. The number of halogens is 1. The fourth-order valence-corrected chi connectivity index (χ4v) is 0.980. The highest BCUT2D eigenvalue weighted by Crippen LogP contribution is 1.91. The molecule has 1 nitrogen and oxygen atoms in total. The first-order valence-electron chi connectivity index (χ1n) is 2.83. The van der Waals surface area contributed by atoms with Gasteiger partial charge >= 0.3 is 0 Å². The third-order valence-electron chi connectivity index (χ3n) is 1.16. The molecule has 0 aliphatic rings. The van der Waals surface area contributed by atoms with Gasteiger partial charge in [-0.3, -0.25) is 4.70 Å². The van der Waals surface area contributed by atoms with Crippen molar-refractivity contribution in [2.45, 2.75) is 6.54 Å². The Morgan fingerprint density at radius 2 is 2.10 bits per heavy atom. The van der Waals surface area contributed by atoms with Crippen LogP contribution in [-0.4, -0.2) is 10.2 Å². The van der Waals surface area contributed by atoms with Crippen molar-refractivity contribution in [3.8, 4) is 0 Å². The zero-order valence-electron chi connectivity index (χ0n) is 5.50. The molecule has 10 heavy (non-hydrogen) atoms. The fourth-order valence-electron chi connectivity index (χ4n) is 0.698. The third kappa shape index (κ3) is 2.29. The van der Waals surface area contributed by atoms with Gasteiger partial charge in [-0.2, -0.15) is 0 Å². The lowest BCUT2D eigenvalue weighted by Crippen LogP contribution is -2.05. The predicted molar refractivity (Wildman–Crippen MR) is 42.2 cm³/mol. The summed E-state index contributed by atoms with van der Waals surface area (Å²) >= 11 is 0. The molecule has 0 atom stereocenters. The van der Waals surface area contributed by atoms with Crippen molar-refractivity contribution in [1.82, 2.24) is 0 Å². The van der Waals surface area contributed by atoms with Crippen molar-refractivity contribution in [1.29, 1.82) is 0 Å². The van der Waals surface area contributed by atoms with E-state index in [0.29, 0.717) is 6.54 Å². The molecule has 53 valence electrons. The topological polar surface area (TPSA) is 26.0 Å². The van der Waals surface area contributed by atoms with E-state index in [4.69, 9.17) is 5.73 Å². The predicted octanol–water partition coefficient (Wildman–Crippen LogP) is 0.0916. The monoisotopic (exact) mass is 154 g/mol. The summed E-state index contributed by atoms with van der Waals surface area (Å²) < 4.78 is 0. The zero-order chi connectivity index (χ0) is 6.69. The Labute approximate surface area is 63.0 Å². The van der Waals surface area contributed by atoms with Crippen LogP contribution in [0.15, 0.2) is 24.3 Å². The number of hydrogen-bond donors (Lipinski definition) is 1. The van der Waals surface area contributed by atoms with Crippen LogP contribution in [0.4, 0.5) is 4.70 Å². The molecule has 0 saturated carbocycles. The number of nitrogens with two attached hydrogens (primary N) is 1. The molecule has 0 unspecified atom stereocenters. The van der Waals surface area contributed by atoms with E-state index in [9.17, 15) is 0 Å². The Morgan fingerprint density at radius 1 is 1.40 bits per heavy atom. The van der Waals surface area contributed by atoms with Gasteiger partial charge in [-0.25, -0.2) is 0 Å². The summed E-state index contributed by atoms with van der Waals surface area (Å²) in [5.74, 6) is 0. The van der Waals surface area contributed by atoms with Gasteiger partial charge in [-0.1, -0.05) is 29.5 Å².